The average molecular weight is 409 g/mol. The molecule has 0 saturated heterocycles. The summed E-state index contributed by atoms with van der Waals surface area (Å²) in [6.07, 6.45) is 0. The van der Waals surface area contributed by atoms with Gasteiger partial charge in [-0.1, -0.05) is 59.3 Å². The molecule has 0 aliphatic rings. The van der Waals surface area contributed by atoms with Crippen LogP contribution in [0.5, 0.6) is 11.5 Å². The Balaban J connectivity index is 1.77. The fourth-order valence-electron chi connectivity index (χ4n) is 2.96. The maximum atomic E-state index is 13.0. The van der Waals surface area contributed by atoms with Crippen molar-refractivity contribution in [3.05, 3.63) is 88.2 Å². The summed E-state index contributed by atoms with van der Waals surface area (Å²) in [6.45, 7) is 2.67. The molecule has 3 aromatic carbocycles. The predicted octanol–water partition coefficient (Wildman–Crippen LogP) is 5.91. The van der Waals surface area contributed by atoms with E-state index in [9.17, 15) is 4.79 Å². The zero-order chi connectivity index (χ0) is 19.5. The first kappa shape index (κ1) is 18.5. The first-order valence-corrected chi connectivity index (χ1v) is 10.1. The Bertz CT molecular complexity index is 1210. The molecule has 4 nitrogen and oxygen atoms in total. The van der Waals surface area contributed by atoms with Crippen molar-refractivity contribution in [3.8, 4) is 11.5 Å². The maximum absolute atomic E-state index is 13.0. The monoisotopic (exact) mass is 408 g/mol. The minimum absolute atomic E-state index is 0.351. The number of aromatic nitrogens is 1. The van der Waals surface area contributed by atoms with Gasteiger partial charge in [-0.05, 0) is 43.3 Å². The van der Waals surface area contributed by atoms with E-state index < -0.39 is 0 Å². The fourth-order valence-corrected chi connectivity index (χ4v) is 4.41. The molecule has 1 aromatic heterocycles. The summed E-state index contributed by atoms with van der Waals surface area (Å²) < 4.78 is 8.85. The van der Waals surface area contributed by atoms with Crippen LogP contribution in [0.2, 0.25) is 5.02 Å². The summed E-state index contributed by atoms with van der Waals surface area (Å²) in [4.78, 5) is 18.0. The number of fused-ring (bicyclic) bond motifs is 1. The molecule has 0 spiro atoms. The second-order valence-electron chi connectivity index (χ2n) is 6.04. The molecule has 0 bridgehead atoms. The van der Waals surface area contributed by atoms with Crippen molar-refractivity contribution < 1.29 is 9.53 Å². The van der Waals surface area contributed by atoms with Crippen LogP contribution < -0.4 is 9.54 Å². The number of ether oxygens (including phenoxy) is 1. The topological polar surface area (TPSA) is 43.6 Å². The smallest absolute Gasteiger partial charge is 0.283 e. The molecule has 4 rings (SSSR count). The summed E-state index contributed by atoms with van der Waals surface area (Å²) in [5.41, 5.74) is 1.31. The van der Waals surface area contributed by atoms with Gasteiger partial charge in [0, 0.05) is 6.54 Å². The highest BCUT2D eigenvalue weighted by Crippen LogP contribution is 2.27. The van der Waals surface area contributed by atoms with Crippen molar-refractivity contribution in [2.24, 2.45) is 4.99 Å². The molecule has 28 heavy (non-hydrogen) atoms. The molecular weight excluding hydrogens is 392 g/mol. The van der Waals surface area contributed by atoms with E-state index in [0.29, 0.717) is 33.4 Å². The summed E-state index contributed by atoms with van der Waals surface area (Å²) in [5, 5.41) is 0.650. The molecular formula is C22H17ClN2O2S. The van der Waals surface area contributed by atoms with Crippen LogP contribution in [0.4, 0.5) is 0 Å². The number of halogens is 1. The Kier molecular flexibility index (Phi) is 5.28. The Morgan fingerprint density at radius 3 is 2.57 bits per heavy atom. The zero-order valence-electron chi connectivity index (χ0n) is 15.1. The van der Waals surface area contributed by atoms with Crippen LogP contribution in [-0.4, -0.2) is 10.5 Å². The van der Waals surface area contributed by atoms with Crippen molar-refractivity contribution >= 4 is 39.1 Å². The van der Waals surface area contributed by atoms with Gasteiger partial charge >= 0.3 is 0 Å². The quantitative estimate of drug-likeness (QED) is 0.421. The van der Waals surface area contributed by atoms with Gasteiger partial charge in [0.1, 0.15) is 11.5 Å². The number of nitrogens with zero attached hydrogens (tertiary/aromatic N) is 2. The SMILES string of the molecule is CCn1c(=NC(=O)c2ccccc2Oc2ccccc2)sc2cccc(Cl)c21. The van der Waals surface area contributed by atoms with Gasteiger partial charge in [0.15, 0.2) is 4.80 Å². The van der Waals surface area contributed by atoms with Crippen LogP contribution in [-0.2, 0) is 6.54 Å². The summed E-state index contributed by atoms with van der Waals surface area (Å²) in [5.74, 6) is 0.793. The number of hydrogen-bond acceptors (Lipinski definition) is 3. The highest BCUT2D eigenvalue weighted by atomic mass is 35.5. The first-order chi connectivity index (χ1) is 13.7. The van der Waals surface area contributed by atoms with Gasteiger partial charge in [-0.25, -0.2) is 0 Å². The molecule has 4 aromatic rings. The van der Waals surface area contributed by atoms with Crippen LogP contribution in [0.25, 0.3) is 10.2 Å². The number of carbonyl (C=O) groups is 1. The summed E-state index contributed by atoms with van der Waals surface area (Å²) in [7, 11) is 0. The lowest BCUT2D eigenvalue weighted by Crippen LogP contribution is -2.16. The third-order valence-electron chi connectivity index (χ3n) is 4.25. The van der Waals surface area contributed by atoms with Gasteiger partial charge in [-0.3, -0.25) is 4.79 Å². The van der Waals surface area contributed by atoms with Crippen molar-refractivity contribution in [2.75, 3.05) is 0 Å². The van der Waals surface area contributed by atoms with Crippen LogP contribution in [0.3, 0.4) is 0 Å². The molecule has 1 heterocycles. The number of rotatable bonds is 4. The molecule has 0 radical (unpaired) electrons. The molecule has 0 unspecified atom stereocenters. The van der Waals surface area contributed by atoms with Gasteiger partial charge in [0.2, 0.25) is 0 Å². The third-order valence-corrected chi connectivity index (χ3v) is 5.60. The maximum Gasteiger partial charge on any atom is 0.283 e. The Morgan fingerprint density at radius 1 is 1.04 bits per heavy atom. The van der Waals surface area contributed by atoms with E-state index in [2.05, 4.69) is 4.99 Å². The standard InChI is InChI=1S/C22H17ClN2O2S/c1-2-25-20-17(23)12-8-14-19(20)28-22(25)24-21(26)16-11-6-7-13-18(16)27-15-9-4-3-5-10-15/h3-14H,2H2,1H3. The van der Waals surface area contributed by atoms with E-state index in [1.54, 1.807) is 18.2 Å². The second-order valence-corrected chi connectivity index (χ2v) is 7.46. The highest BCUT2D eigenvalue weighted by molar-refractivity contribution is 7.16. The van der Waals surface area contributed by atoms with Gasteiger partial charge < -0.3 is 9.30 Å². The van der Waals surface area contributed by atoms with Gasteiger partial charge in [0.25, 0.3) is 5.91 Å². The molecule has 0 aliphatic heterocycles. The van der Waals surface area contributed by atoms with Gasteiger partial charge in [-0.15, -0.1) is 0 Å². The van der Waals surface area contributed by atoms with E-state index in [1.165, 1.54) is 11.3 Å². The molecule has 0 aliphatic carbocycles. The minimum atomic E-state index is -0.351. The van der Waals surface area contributed by atoms with Gasteiger partial charge in [0.05, 0.1) is 20.8 Å². The number of thiazole rings is 1. The van der Waals surface area contributed by atoms with Crippen molar-refractivity contribution in [1.29, 1.82) is 0 Å². The Labute approximate surface area is 171 Å². The van der Waals surface area contributed by atoms with Gasteiger partial charge in [-0.2, -0.15) is 4.99 Å². The highest BCUT2D eigenvalue weighted by Gasteiger charge is 2.14. The van der Waals surface area contributed by atoms with E-state index in [0.717, 1.165) is 10.2 Å². The largest absolute Gasteiger partial charge is 0.457 e. The number of amides is 1. The number of aryl methyl sites for hydroxylation is 1. The molecule has 0 N–H and O–H groups in total. The third kappa shape index (κ3) is 3.59. The molecule has 6 heteroatoms. The van der Waals surface area contributed by atoms with Crippen LogP contribution >= 0.6 is 22.9 Å². The lowest BCUT2D eigenvalue weighted by Gasteiger charge is -2.08. The van der Waals surface area contributed by atoms with Crippen LogP contribution in [0, 0.1) is 0 Å². The van der Waals surface area contributed by atoms with Crippen molar-refractivity contribution in [1.82, 2.24) is 4.57 Å². The Morgan fingerprint density at radius 2 is 1.79 bits per heavy atom. The molecule has 140 valence electrons. The Hall–Kier alpha value is -2.89. The number of benzene rings is 3. The van der Waals surface area contributed by atoms with E-state index in [1.807, 2.05) is 66.1 Å². The van der Waals surface area contributed by atoms with E-state index in [-0.39, 0.29) is 5.91 Å². The van der Waals surface area contributed by atoms with Crippen LogP contribution in [0.1, 0.15) is 17.3 Å². The number of hydrogen-bond donors (Lipinski definition) is 0. The van der Waals surface area contributed by atoms with E-state index >= 15 is 0 Å². The average Bonchev–Trinajstić information content (AvgIpc) is 3.07. The number of carbonyl (C=O) groups excluding carboxylic acids is 1. The molecule has 0 fully saturated rings. The van der Waals surface area contributed by atoms with E-state index in [4.69, 9.17) is 16.3 Å². The normalized spacial score (nSPS) is 11.7. The number of para-hydroxylation sites is 3. The van der Waals surface area contributed by atoms with Crippen LogP contribution in [0.15, 0.2) is 77.8 Å². The predicted molar refractivity (Wildman–Crippen MR) is 113 cm³/mol. The first-order valence-electron chi connectivity index (χ1n) is 8.86. The zero-order valence-corrected chi connectivity index (χ0v) is 16.7. The van der Waals surface area contributed by atoms with Crippen molar-refractivity contribution in [3.63, 3.8) is 0 Å². The summed E-state index contributed by atoms with van der Waals surface area (Å²) in [6, 6.07) is 22.2. The fraction of sp³-hybridized carbons (Fsp3) is 0.0909. The summed E-state index contributed by atoms with van der Waals surface area (Å²) >= 11 is 7.81. The molecule has 1 amide bonds. The molecule has 0 atom stereocenters. The lowest BCUT2D eigenvalue weighted by atomic mass is 10.2. The van der Waals surface area contributed by atoms with Crippen molar-refractivity contribution in [2.45, 2.75) is 13.5 Å². The molecule has 0 saturated carbocycles. The lowest BCUT2D eigenvalue weighted by molar-refractivity contribution is 0.0995. The second kappa shape index (κ2) is 8.00. The minimum Gasteiger partial charge on any atom is -0.457 e.